The molecule has 2 aromatic rings. The van der Waals surface area contributed by atoms with Crippen LogP contribution in [0.2, 0.25) is 0 Å². The van der Waals surface area contributed by atoms with Gasteiger partial charge in [-0.2, -0.15) is 0 Å². The molecule has 0 amide bonds. The Balaban J connectivity index is 2.46. The van der Waals surface area contributed by atoms with Gasteiger partial charge in [-0.3, -0.25) is 0 Å². The van der Waals surface area contributed by atoms with Crippen molar-refractivity contribution in [2.75, 3.05) is 0 Å². The number of hydrogen-bond acceptors (Lipinski definition) is 6. The second-order valence-corrected chi connectivity index (χ2v) is 6.49. The van der Waals surface area contributed by atoms with Crippen molar-refractivity contribution in [1.29, 1.82) is 0 Å². The lowest BCUT2D eigenvalue weighted by molar-refractivity contribution is 0.813. The third kappa shape index (κ3) is 1.94. The summed E-state index contributed by atoms with van der Waals surface area (Å²) < 4.78 is 4.90. The molecule has 0 saturated heterocycles. The molecule has 0 saturated carbocycles. The molecular weight excluding hydrogens is 331 g/mol. The van der Waals surface area contributed by atoms with E-state index in [9.17, 15) is 0 Å². The highest BCUT2D eigenvalue weighted by Crippen LogP contribution is 2.32. The molecule has 0 aliphatic heterocycles. The summed E-state index contributed by atoms with van der Waals surface area (Å²) in [5, 5.41) is 13.1. The predicted molar refractivity (Wildman–Crippen MR) is 65.6 cm³/mol. The third-order valence-corrected chi connectivity index (χ3v) is 4.14. The normalized spacial score (nSPS) is 11.1. The molecule has 0 aliphatic carbocycles. The van der Waals surface area contributed by atoms with Crippen molar-refractivity contribution in [3.8, 4) is 9.88 Å². The Morgan fingerprint density at radius 3 is 2.57 bits per heavy atom. The fourth-order valence-corrected chi connectivity index (χ4v) is 3.21. The molecule has 4 nitrogen and oxygen atoms in total. The summed E-state index contributed by atoms with van der Waals surface area (Å²) in [6.07, 6.45) is 0. The summed E-state index contributed by atoms with van der Waals surface area (Å²) in [5.74, 6) is 0.380. The van der Waals surface area contributed by atoms with Crippen LogP contribution in [0.4, 0.5) is 0 Å². The molecule has 0 radical (unpaired) electrons. The molecule has 74 valence electrons. The second-order valence-electron chi connectivity index (χ2n) is 3.00. The Kier molecular flexibility index (Phi) is 3.07. The summed E-state index contributed by atoms with van der Waals surface area (Å²) in [5.41, 5.74) is 1.02. The molecule has 0 aromatic carbocycles. The lowest BCUT2D eigenvalue weighted by Crippen LogP contribution is -1.90. The topological polar surface area (TPSA) is 51.6 Å². The fourth-order valence-electron chi connectivity index (χ4n) is 1.02. The molecular formula is C7H7IN4S2. The first kappa shape index (κ1) is 10.4. The van der Waals surface area contributed by atoms with Gasteiger partial charge in [0.15, 0.2) is 8.02 Å². The van der Waals surface area contributed by atoms with Crippen LogP contribution < -0.4 is 0 Å². The first-order valence-corrected chi connectivity index (χ1v) is 6.67. The maximum absolute atomic E-state index is 4.11. The minimum atomic E-state index is 0.380. The van der Waals surface area contributed by atoms with Crippen LogP contribution in [0.5, 0.6) is 0 Å². The Labute approximate surface area is 103 Å². The number of halogens is 1. The van der Waals surface area contributed by atoms with E-state index in [1.165, 1.54) is 11.5 Å². The Bertz CT molecular complexity index is 436. The van der Waals surface area contributed by atoms with Crippen LogP contribution in [0.25, 0.3) is 9.88 Å². The maximum Gasteiger partial charge on any atom is 0.178 e. The highest BCUT2D eigenvalue weighted by atomic mass is 127. The van der Waals surface area contributed by atoms with E-state index in [0.29, 0.717) is 5.92 Å². The van der Waals surface area contributed by atoms with Crippen LogP contribution in [0, 0.1) is 3.01 Å². The molecule has 0 N–H and O–H groups in total. The first-order chi connectivity index (χ1) is 6.68. The predicted octanol–water partition coefficient (Wildman–Crippen LogP) is 2.78. The molecule has 0 unspecified atom stereocenters. The summed E-state index contributed by atoms with van der Waals surface area (Å²) >= 11 is 5.12. The van der Waals surface area contributed by atoms with E-state index in [1.54, 1.807) is 11.3 Å². The van der Waals surface area contributed by atoms with Gasteiger partial charge in [0.2, 0.25) is 0 Å². The molecule has 2 rings (SSSR count). The molecule has 14 heavy (non-hydrogen) atoms. The van der Waals surface area contributed by atoms with Gasteiger partial charge in [0.25, 0.3) is 0 Å². The number of nitrogens with zero attached hydrogens (tertiary/aromatic N) is 4. The van der Waals surface area contributed by atoms with Gasteiger partial charge in [0.1, 0.15) is 4.88 Å². The van der Waals surface area contributed by atoms with Crippen molar-refractivity contribution in [3.05, 3.63) is 8.71 Å². The van der Waals surface area contributed by atoms with E-state index in [2.05, 4.69) is 56.2 Å². The maximum atomic E-state index is 4.11. The van der Waals surface area contributed by atoms with Crippen LogP contribution >= 0.6 is 45.5 Å². The minimum absolute atomic E-state index is 0.380. The Morgan fingerprint density at radius 2 is 2.00 bits per heavy atom. The van der Waals surface area contributed by atoms with Crippen molar-refractivity contribution in [3.63, 3.8) is 0 Å². The van der Waals surface area contributed by atoms with Gasteiger partial charge in [-0.1, -0.05) is 29.7 Å². The van der Waals surface area contributed by atoms with E-state index in [4.69, 9.17) is 0 Å². The van der Waals surface area contributed by atoms with Crippen molar-refractivity contribution in [2.24, 2.45) is 0 Å². The number of hydrogen-bond donors (Lipinski definition) is 0. The molecule has 7 heteroatoms. The summed E-state index contributed by atoms with van der Waals surface area (Å²) in [6.45, 7) is 4.21. The van der Waals surface area contributed by atoms with E-state index < -0.39 is 0 Å². The smallest absolute Gasteiger partial charge is 0.142 e. The summed E-state index contributed by atoms with van der Waals surface area (Å²) in [4.78, 5) is 1.06. The largest absolute Gasteiger partial charge is 0.178 e. The molecule has 2 aromatic heterocycles. The molecule has 0 spiro atoms. The van der Waals surface area contributed by atoms with Crippen molar-refractivity contribution < 1.29 is 0 Å². The van der Waals surface area contributed by atoms with E-state index in [-0.39, 0.29) is 0 Å². The van der Waals surface area contributed by atoms with Gasteiger partial charge in [0.05, 0.1) is 5.69 Å². The zero-order valence-electron chi connectivity index (χ0n) is 7.56. The highest BCUT2D eigenvalue weighted by Gasteiger charge is 2.16. The van der Waals surface area contributed by atoms with E-state index in [1.807, 2.05) is 0 Å². The van der Waals surface area contributed by atoms with Gasteiger partial charge in [0, 0.05) is 0 Å². The Morgan fingerprint density at radius 1 is 1.21 bits per heavy atom. The summed E-state index contributed by atoms with van der Waals surface area (Å²) in [7, 11) is 0. The minimum Gasteiger partial charge on any atom is -0.142 e. The SMILES string of the molecule is CC(C)c1nnsc1-c1nnc(I)s1. The van der Waals surface area contributed by atoms with E-state index in [0.717, 1.165) is 18.6 Å². The van der Waals surface area contributed by atoms with Gasteiger partial charge in [-0.05, 0) is 40.0 Å². The standard InChI is InChI=1S/C7H7IN4S2/c1-3(2)4-5(14-12-9-4)6-10-11-7(8)13-6/h3H,1-2H3. The first-order valence-electron chi connectivity index (χ1n) is 4.00. The summed E-state index contributed by atoms with van der Waals surface area (Å²) in [6, 6.07) is 0. The Hall–Kier alpha value is -0.150. The van der Waals surface area contributed by atoms with Crippen LogP contribution in [0.3, 0.4) is 0 Å². The second kappa shape index (κ2) is 4.15. The van der Waals surface area contributed by atoms with Crippen molar-refractivity contribution >= 4 is 45.5 Å². The average molecular weight is 338 g/mol. The lowest BCUT2D eigenvalue weighted by atomic mass is 10.1. The molecule has 0 aliphatic rings. The fraction of sp³-hybridized carbons (Fsp3) is 0.429. The van der Waals surface area contributed by atoms with Gasteiger partial charge in [-0.15, -0.1) is 15.3 Å². The molecule has 0 bridgehead atoms. The van der Waals surface area contributed by atoms with Crippen LogP contribution in [-0.2, 0) is 0 Å². The lowest BCUT2D eigenvalue weighted by Gasteiger charge is -1.99. The van der Waals surface area contributed by atoms with Crippen LogP contribution in [0.1, 0.15) is 25.5 Å². The molecule has 2 heterocycles. The monoisotopic (exact) mass is 338 g/mol. The number of rotatable bonds is 2. The van der Waals surface area contributed by atoms with Crippen molar-refractivity contribution in [2.45, 2.75) is 19.8 Å². The zero-order valence-corrected chi connectivity index (χ0v) is 11.4. The quantitative estimate of drug-likeness (QED) is 0.790. The van der Waals surface area contributed by atoms with Gasteiger partial charge < -0.3 is 0 Å². The average Bonchev–Trinajstić information content (AvgIpc) is 2.70. The van der Waals surface area contributed by atoms with E-state index >= 15 is 0 Å². The van der Waals surface area contributed by atoms with Gasteiger partial charge in [-0.25, -0.2) is 0 Å². The van der Waals surface area contributed by atoms with Crippen LogP contribution in [0.15, 0.2) is 0 Å². The van der Waals surface area contributed by atoms with Gasteiger partial charge >= 0.3 is 0 Å². The third-order valence-electron chi connectivity index (χ3n) is 1.65. The zero-order chi connectivity index (χ0) is 10.1. The molecule has 0 atom stereocenters. The van der Waals surface area contributed by atoms with Crippen LogP contribution in [-0.4, -0.2) is 19.8 Å². The molecule has 0 fully saturated rings. The van der Waals surface area contributed by atoms with Crippen molar-refractivity contribution in [1.82, 2.24) is 19.8 Å². The highest BCUT2D eigenvalue weighted by molar-refractivity contribution is 14.1. The number of aromatic nitrogens is 4.